The standard InChI is InChI=1S/C12H18O6/c1-9(13)7-17-11(15)5-3-4-6-12(16)18-8-10(2)14/h3-6,9-10,13-14H,7-8H2,1-2H3/b5-3+,6-4+. The van der Waals surface area contributed by atoms with Gasteiger partial charge in [-0.2, -0.15) is 0 Å². The molecule has 0 aliphatic rings. The van der Waals surface area contributed by atoms with Crippen LogP contribution in [0.3, 0.4) is 0 Å². The molecule has 0 rings (SSSR count). The second-order valence-corrected chi connectivity index (χ2v) is 3.68. The Bertz CT molecular complexity index is 285. The first kappa shape index (κ1) is 16.3. The highest BCUT2D eigenvalue weighted by atomic mass is 16.5. The van der Waals surface area contributed by atoms with Crippen molar-refractivity contribution in [2.24, 2.45) is 0 Å². The summed E-state index contributed by atoms with van der Waals surface area (Å²) in [6.45, 7) is 2.83. The summed E-state index contributed by atoms with van der Waals surface area (Å²) in [7, 11) is 0. The van der Waals surface area contributed by atoms with E-state index in [1.807, 2.05) is 0 Å². The molecule has 0 radical (unpaired) electrons. The maximum atomic E-state index is 11.0. The van der Waals surface area contributed by atoms with Gasteiger partial charge in [0.15, 0.2) is 0 Å². The maximum absolute atomic E-state index is 11.0. The third-order valence-corrected chi connectivity index (χ3v) is 1.51. The average molecular weight is 258 g/mol. The average Bonchev–Trinajstić information content (AvgIpc) is 2.29. The maximum Gasteiger partial charge on any atom is 0.330 e. The van der Waals surface area contributed by atoms with Crippen LogP contribution in [0, 0.1) is 0 Å². The van der Waals surface area contributed by atoms with Crippen LogP contribution in [-0.2, 0) is 19.1 Å². The van der Waals surface area contributed by atoms with E-state index in [0.717, 1.165) is 12.2 Å². The Morgan fingerprint density at radius 3 is 1.56 bits per heavy atom. The molecule has 0 aromatic heterocycles. The largest absolute Gasteiger partial charge is 0.460 e. The fourth-order valence-electron chi connectivity index (χ4n) is 0.770. The Hall–Kier alpha value is -1.66. The van der Waals surface area contributed by atoms with Gasteiger partial charge in [-0.05, 0) is 13.8 Å². The van der Waals surface area contributed by atoms with Crippen molar-refractivity contribution in [2.45, 2.75) is 26.1 Å². The lowest BCUT2D eigenvalue weighted by atomic mass is 10.4. The summed E-state index contributed by atoms with van der Waals surface area (Å²) in [6, 6.07) is 0. The van der Waals surface area contributed by atoms with Gasteiger partial charge in [-0.15, -0.1) is 0 Å². The van der Waals surface area contributed by atoms with Gasteiger partial charge in [0.1, 0.15) is 13.2 Å². The third kappa shape index (κ3) is 10.8. The summed E-state index contributed by atoms with van der Waals surface area (Å²) >= 11 is 0. The first-order chi connectivity index (χ1) is 8.41. The summed E-state index contributed by atoms with van der Waals surface area (Å²) in [6.07, 6.45) is 3.42. The minimum atomic E-state index is -0.714. The van der Waals surface area contributed by atoms with Crippen LogP contribution in [-0.4, -0.2) is 47.6 Å². The number of esters is 2. The van der Waals surface area contributed by atoms with E-state index in [1.165, 1.54) is 26.0 Å². The van der Waals surface area contributed by atoms with E-state index in [9.17, 15) is 9.59 Å². The number of carbonyl (C=O) groups is 2. The second-order valence-electron chi connectivity index (χ2n) is 3.68. The molecule has 0 heterocycles. The summed E-state index contributed by atoms with van der Waals surface area (Å²) < 4.78 is 9.26. The predicted molar refractivity (Wildman–Crippen MR) is 63.6 cm³/mol. The number of ether oxygens (including phenoxy) is 2. The second kappa shape index (κ2) is 9.38. The van der Waals surface area contributed by atoms with Crippen molar-refractivity contribution in [3.05, 3.63) is 24.3 Å². The summed E-state index contributed by atoms with van der Waals surface area (Å²) in [4.78, 5) is 22.0. The molecule has 0 aromatic carbocycles. The number of allylic oxidation sites excluding steroid dienone is 2. The Morgan fingerprint density at radius 1 is 0.944 bits per heavy atom. The van der Waals surface area contributed by atoms with Crippen molar-refractivity contribution < 1.29 is 29.3 Å². The van der Waals surface area contributed by atoms with Crippen LogP contribution in [0.5, 0.6) is 0 Å². The highest BCUT2D eigenvalue weighted by molar-refractivity contribution is 5.84. The molecule has 0 aromatic rings. The van der Waals surface area contributed by atoms with Crippen LogP contribution in [0.4, 0.5) is 0 Å². The molecule has 0 saturated heterocycles. The van der Waals surface area contributed by atoms with Crippen molar-refractivity contribution in [2.75, 3.05) is 13.2 Å². The lowest BCUT2D eigenvalue weighted by molar-refractivity contribution is -0.141. The number of aliphatic hydroxyl groups is 2. The Morgan fingerprint density at radius 2 is 1.28 bits per heavy atom. The van der Waals surface area contributed by atoms with E-state index in [-0.39, 0.29) is 13.2 Å². The van der Waals surface area contributed by atoms with Crippen LogP contribution in [0.2, 0.25) is 0 Å². The zero-order valence-electron chi connectivity index (χ0n) is 10.4. The quantitative estimate of drug-likeness (QED) is 0.378. The summed E-state index contributed by atoms with van der Waals surface area (Å²) in [5.41, 5.74) is 0. The van der Waals surface area contributed by atoms with Crippen molar-refractivity contribution in [3.63, 3.8) is 0 Å². The van der Waals surface area contributed by atoms with E-state index in [4.69, 9.17) is 10.2 Å². The minimum Gasteiger partial charge on any atom is -0.460 e. The predicted octanol–water partition coefficient (Wildman–Crippen LogP) is -0.0532. The molecule has 2 N–H and O–H groups in total. The van der Waals surface area contributed by atoms with E-state index < -0.39 is 24.1 Å². The van der Waals surface area contributed by atoms with Gasteiger partial charge in [-0.3, -0.25) is 0 Å². The molecule has 2 unspecified atom stereocenters. The molecule has 0 amide bonds. The summed E-state index contributed by atoms with van der Waals surface area (Å²) in [5, 5.41) is 17.7. The van der Waals surface area contributed by atoms with E-state index in [2.05, 4.69) is 9.47 Å². The number of hydrogen-bond donors (Lipinski definition) is 2. The van der Waals surface area contributed by atoms with Gasteiger partial charge in [0.2, 0.25) is 0 Å². The number of carbonyl (C=O) groups excluding carboxylic acids is 2. The van der Waals surface area contributed by atoms with Gasteiger partial charge in [0, 0.05) is 12.2 Å². The third-order valence-electron chi connectivity index (χ3n) is 1.51. The zero-order valence-corrected chi connectivity index (χ0v) is 10.4. The molecular weight excluding hydrogens is 240 g/mol. The fourth-order valence-corrected chi connectivity index (χ4v) is 0.770. The van der Waals surface area contributed by atoms with Crippen molar-refractivity contribution >= 4 is 11.9 Å². The lowest BCUT2D eigenvalue weighted by Gasteiger charge is -2.03. The number of rotatable bonds is 7. The van der Waals surface area contributed by atoms with Gasteiger partial charge >= 0.3 is 11.9 Å². The monoisotopic (exact) mass is 258 g/mol. The Kier molecular flexibility index (Phi) is 8.51. The van der Waals surface area contributed by atoms with Gasteiger partial charge in [-0.25, -0.2) is 9.59 Å². The van der Waals surface area contributed by atoms with Crippen LogP contribution in [0.1, 0.15) is 13.8 Å². The first-order valence-corrected chi connectivity index (χ1v) is 5.46. The molecule has 0 saturated carbocycles. The minimum absolute atomic E-state index is 0.0800. The van der Waals surface area contributed by atoms with E-state index >= 15 is 0 Å². The molecule has 0 aliphatic carbocycles. The van der Waals surface area contributed by atoms with Gasteiger partial charge in [0.05, 0.1) is 12.2 Å². The topological polar surface area (TPSA) is 93.1 Å². The van der Waals surface area contributed by atoms with Crippen LogP contribution in [0.15, 0.2) is 24.3 Å². The van der Waals surface area contributed by atoms with E-state index in [1.54, 1.807) is 0 Å². The molecule has 102 valence electrons. The SMILES string of the molecule is CC(O)COC(=O)/C=C/C=C/C(=O)OCC(C)O. The highest BCUT2D eigenvalue weighted by Gasteiger charge is 2.01. The zero-order chi connectivity index (χ0) is 14.0. The molecular formula is C12H18O6. The van der Waals surface area contributed by atoms with Crippen molar-refractivity contribution in [3.8, 4) is 0 Å². The lowest BCUT2D eigenvalue weighted by Crippen LogP contribution is -2.13. The normalized spacial score (nSPS) is 14.7. The Labute approximate surface area is 106 Å². The first-order valence-electron chi connectivity index (χ1n) is 5.46. The molecule has 0 spiro atoms. The van der Waals surface area contributed by atoms with Gasteiger partial charge in [0.25, 0.3) is 0 Å². The molecule has 6 nitrogen and oxygen atoms in total. The molecule has 0 fully saturated rings. The smallest absolute Gasteiger partial charge is 0.330 e. The van der Waals surface area contributed by atoms with Crippen molar-refractivity contribution in [1.82, 2.24) is 0 Å². The number of aliphatic hydroxyl groups excluding tert-OH is 2. The van der Waals surface area contributed by atoms with Crippen LogP contribution >= 0.6 is 0 Å². The highest BCUT2D eigenvalue weighted by Crippen LogP contribution is 1.89. The van der Waals surface area contributed by atoms with Crippen LogP contribution < -0.4 is 0 Å². The van der Waals surface area contributed by atoms with Gasteiger partial charge in [-0.1, -0.05) is 12.2 Å². The molecule has 6 heteroatoms. The Balaban J connectivity index is 3.85. The summed E-state index contributed by atoms with van der Waals surface area (Å²) in [5.74, 6) is -1.23. The van der Waals surface area contributed by atoms with E-state index in [0.29, 0.717) is 0 Å². The van der Waals surface area contributed by atoms with Crippen LogP contribution in [0.25, 0.3) is 0 Å². The number of hydrogen-bond acceptors (Lipinski definition) is 6. The molecule has 0 aliphatic heterocycles. The molecule has 2 atom stereocenters. The van der Waals surface area contributed by atoms with Crippen molar-refractivity contribution in [1.29, 1.82) is 0 Å². The fraction of sp³-hybridized carbons (Fsp3) is 0.500. The molecule has 0 bridgehead atoms. The molecule has 18 heavy (non-hydrogen) atoms. The van der Waals surface area contributed by atoms with Gasteiger partial charge < -0.3 is 19.7 Å².